The van der Waals surface area contributed by atoms with E-state index in [1.54, 1.807) is 0 Å². The van der Waals surface area contributed by atoms with Crippen LogP contribution in [0, 0.1) is 0 Å². The lowest BCUT2D eigenvalue weighted by molar-refractivity contribution is -0.122. The predicted molar refractivity (Wildman–Crippen MR) is 78.0 cm³/mol. The summed E-state index contributed by atoms with van der Waals surface area (Å²) in [6.07, 6.45) is 0.803. The van der Waals surface area contributed by atoms with Gasteiger partial charge in [-0.1, -0.05) is 42.5 Å². The molecule has 1 heterocycles. The van der Waals surface area contributed by atoms with Gasteiger partial charge in [0.15, 0.2) is 0 Å². The highest BCUT2D eigenvalue weighted by atomic mass is 32.1. The van der Waals surface area contributed by atoms with Crippen LogP contribution in [0.15, 0.2) is 30.3 Å². The summed E-state index contributed by atoms with van der Waals surface area (Å²) in [5.74, 6) is -0.750. The Morgan fingerprint density at radius 1 is 1.47 bits per heavy atom. The van der Waals surface area contributed by atoms with Crippen molar-refractivity contribution in [2.24, 2.45) is 5.73 Å². The molecule has 0 bridgehead atoms. The van der Waals surface area contributed by atoms with E-state index in [0.717, 1.165) is 12.0 Å². The molecular formula is C14H18N2O2S. The lowest BCUT2D eigenvalue weighted by Crippen LogP contribution is -2.50. The molecule has 0 spiro atoms. The van der Waals surface area contributed by atoms with Crippen LogP contribution in [-0.2, 0) is 9.53 Å². The second-order valence-corrected chi connectivity index (χ2v) is 5.57. The van der Waals surface area contributed by atoms with Gasteiger partial charge in [0.05, 0.1) is 17.1 Å². The quantitative estimate of drug-likeness (QED) is 0.816. The zero-order chi connectivity index (χ0) is 13.9. The number of thiocarbonyl (C=S) groups is 1. The number of nitrogens with two attached hydrogens (primary N) is 1. The van der Waals surface area contributed by atoms with E-state index in [4.69, 9.17) is 22.7 Å². The Hall–Kier alpha value is -1.46. The van der Waals surface area contributed by atoms with E-state index in [2.05, 4.69) is 5.32 Å². The Bertz CT molecular complexity index is 470. The van der Waals surface area contributed by atoms with Crippen molar-refractivity contribution in [3.8, 4) is 0 Å². The Morgan fingerprint density at radius 2 is 2.16 bits per heavy atom. The largest absolute Gasteiger partial charge is 0.392 e. The monoisotopic (exact) mass is 278 g/mol. The third kappa shape index (κ3) is 3.30. The first-order chi connectivity index (χ1) is 9.02. The molecule has 4 nitrogen and oxygen atoms in total. The van der Waals surface area contributed by atoms with Gasteiger partial charge in [-0.2, -0.15) is 0 Å². The number of ether oxygens (including phenoxy) is 1. The maximum atomic E-state index is 12.4. The van der Waals surface area contributed by atoms with Gasteiger partial charge in [-0.3, -0.25) is 4.79 Å². The highest BCUT2D eigenvalue weighted by Gasteiger charge is 2.34. The van der Waals surface area contributed by atoms with Crippen LogP contribution in [0.25, 0.3) is 0 Å². The number of hydrogen-bond donors (Lipinski definition) is 2. The SMILES string of the molecule is CC1(NC(=O)C(C(N)=S)c2ccccc2)CCOC1. The van der Waals surface area contributed by atoms with Gasteiger partial charge in [0.2, 0.25) is 5.91 Å². The van der Waals surface area contributed by atoms with E-state index in [9.17, 15) is 4.79 Å². The maximum Gasteiger partial charge on any atom is 0.234 e. The molecule has 2 unspecified atom stereocenters. The standard InChI is InChI=1S/C14H18N2O2S/c1-14(7-8-18-9-14)16-13(17)11(12(15)19)10-5-3-2-4-6-10/h2-6,11H,7-9H2,1H3,(H2,15,19)(H,16,17). The lowest BCUT2D eigenvalue weighted by Gasteiger charge is -2.26. The van der Waals surface area contributed by atoms with Crippen LogP contribution in [0.1, 0.15) is 24.8 Å². The third-order valence-electron chi connectivity index (χ3n) is 3.32. The second-order valence-electron chi connectivity index (χ2n) is 5.10. The molecule has 1 saturated heterocycles. The number of hydrogen-bond acceptors (Lipinski definition) is 3. The third-order valence-corrected chi connectivity index (χ3v) is 3.56. The Labute approximate surface area is 118 Å². The minimum Gasteiger partial charge on any atom is -0.392 e. The number of amides is 1. The van der Waals surface area contributed by atoms with Crippen LogP contribution >= 0.6 is 12.2 Å². The summed E-state index contributed by atoms with van der Waals surface area (Å²) < 4.78 is 5.33. The van der Waals surface area contributed by atoms with Gasteiger partial charge in [0.1, 0.15) is 5.92 Å². The normalized spacial score (nSPS) is 23.8. The smallest absolute Gasteiger partial charge is 0.234 e. The average molecular weight is 278 g/mol. The maximum absolute atomic E-state index is 12.4. The van der Waals surface area contributed by atoms with E-state index < -0.39 is 5.92 Å². The summed E-state index contributed by atoms with van der Waals surface area (Å²) in [5, 5.41) is 3.00. The highest BCUT2D eigenvalue weighted by molar-refractivity contribution is 7.80. The van der Waals surface area contributed by atoms with Gasteiger partial charge in [-0.15, -0.1) is 0 Å². The van der Waals surface area contributed by atoms with Crippen molar-refractivity contribution in [2.75, 3.05) is 13.2 Å². The molecule has 5 heteroatoms. The van der Waals surface area contributed by atoms with Crippen LogP contribution in [0.4, 0.5) is 0 Å². The molecule has 3 N–H and O–H groups in total. The molecule has 0 saturated carbocycles. The van der Waals surface area contributed by atoms with E-state index in [1.807, 2.05) is 37.3 Å². The van der Waals surface area contributed by atoms with Crippen molar-refractivity contribution in [1.29, 1.82) is 0 Å². The molecule has 102 valence electrons. The van der Waals surface area contributed by atoms with Crippen LogP contribution in [0.3, 0.4) is 0 Å². The molecule has 1 aliphatic rings. The molecule has 1 amide bonds. The summed E-state index contributed by atoms with van der Waals surface area (Å²) in [5.41, 5.74) is 6.22. The van der Waals surface area contributed by atoms with Gasteiger partial charge in [-0.05, 0) is 18.9 Å². The van der Waals surface area contributed by atoms with E-state index in [-0.39, 0.29) is 16.4 Å². The van der Waals surface area contributed by atoms with Gasteiger partial charge >= 0.3 is 0 Å². The number of carbonyl (C=O) groups excluding carboxylic acids is 1. The summed E-state index contributed by atoms with van der Waals surface area (Å²) in [4.78, 5) is 12.6. The van der Waals surface area contributed by atoms with Crippen molar-refractivity contribution in [3.63, 3.8) is 0 Å². The molecular weight excluding hydrogens is 260 g/mol. The van der Waals surface area contributed by atoms with Crippen LogP contribution in [0.2, 0.25) is 0 Å². The molecule has 0 radical (unpaired) electrons. The highest BCUT2D eigenvalue weighted by Crippen LogP contribution is 2.21. The first-order valence-electron chi connectivity index (χ1n) is 6.26. The summed E-state index contributed by atoms with van der Waals surface area (Å²) in [6.45, 7) is 3.16. The lowest BCUT2D eigenvalue weighted by atomic mass is 9.95. The first kappa shape index (κ1) is 14.0. The number of carbonyl (C=O) groups is 1. The summed E-state index contributed by atoms with van der Waals surface area (Å²) in [6, 6.07) is 9.35. The van der Waals surface area contributed by atoms with Gasteiger partial charge in [0.25, 0.3) is 0 Å². The molecule has 1 aromatic rings. The second kappa shape index (κ2) is 5.67. The Balaban J connectivity index is 2.16. The predicted octanol–water partition coefficient (Wildman–Crippen LogP) is 1.35. The average Bonchev–Trinajstić information content (AvgIpc) is 2.76. The summed E-state index contributed by atoms with van der Waals surface area (Å²) in [7, 11) is 0. The zero-order valence-electron chi connectivity index (χ0n) is 10.9. The van der Waals surface area contributed by atoms with Crippen LogP contribution < -0.4 is 11.1 Å². The van der Waals surface area contributed by atoms with Crippen molar-refractivity contribution in [3.05, 3.63) is 35.9 Å². The zero-order valence-corrected chi connectivity index (χ0v) is 11.7. The molecule has 2 rings (SSSR count). The minimum absolute atomic E-state index is 0.160. The molecule has 0 aliphatic carbocycles. The van der Waals surface area contributed by atoms with Gasteiger partial charge in [-0.25, -0.2) is 0 Å². The molecule has 0 aromatic heterocycles. The van der Waals surface area contributed by atoms with Crippen LogP contribution in [-0.4, -0.2) is 29.6 Å². The van der Waals surface area contributed by atoms with E-state index >= 15 is 0 Å². The number of rotatable bonds is 4. The Morgan fingerprint density at radius 3 is 2.68 bits per heavy atom. The molecule has 1 aliphatic heterocycles. The Kier molecular flexibility index (Phi) is 4.17. The molecule has 1 aromatic carbocycles. The van der Waals surface area contributed by atoms with Crippen molar-refractivity contribution >= 4 is 23.1 Å². The van der Waals surface area contributed by atoms with Gasteiger partial charge < -0.3 is 15.8 Å². The summed E-state index contributed by atoms with van der Waals surface area (Å²) >= 11 is 5.04. The van der Waals surface area contributed by atoms with E-state index in [1.165, 1.54) is 0 Å². The van der Waals surface area contributed by atoms with Gasteiger partial charge in [0, 0.05) is 6.61 Å². The van der Waals surface area contributed by atoms with Crippen LogP contribution in [0.5, 0.6) is 0 Å². The van der Waals surface area contributed by atoms with E-state index in [0.29, 0.717) is 13.2 Å². The van der Waals surface area contributed by atoms with Crippen molar-refractivity contribution in [2.45, 2.75) is 24.8 Å². The molecule has 1 fully saturated rings. The fourth-order valence-electron chi connectivity index (χ4n) is 2.23. The van der Waals surface area contributed by atoms with Crippen molar-refractivity contribution in [1.82, 2.24) is 5.32 Å². The fraction of sp³-hybridized carbons (Fsp3) is 0.429. The fourth-order valence-corrected chi connectivity index (χ4v) is 2.47. The number of nitrogens with one attached hydrogen (secondary N) is 1. The first-order valence-corrected chi connectivity index (χ1v) is 6.67. The minimum atomic E-state index is -0.589. The van der Waals surface area contributed by atoms with Crippen molar-refractivity contribution < 1.29 is 9.53 Å². The molecule has 19 heavy (non-hydrogen) atoms. The number of benzene rings is 1. The topological polar surface area (TPSA) is 64.4 Å². The molecule has 2 atom stereocenters.